The molecule has 0 heterocycles. The van der Waals surface area contributed by atoms with Gasteiger partial charge in [0.15, 0.2) is 0 Å². The van der Waals surface area contributed by atoms with E-state index in [-0.39, 0.29) is 0 Å². The van der Waals surface area contributed by atoms with Crippen molar-refractivity contribution in [3.63, 3.8) is 0 Å². The monoisotopic (exact) mass is 191 g/mol. The lowest BCUT2D eigenvalue weighted by Gasteiger charge is -2.18. The van der Waals surface area contributed by atoms with Crippen molar-refractivity contribution in [2.24, 2.45) is 5.92 Å². The van der Waals surface area contributed by atoms with Crippen LogP contribution in [-0.2, 0) is 0 Å². The molecule has 0 aliphatic carbocycles. The average molecular weight is 191 g/mol. The third-order valence-electron chi connectivity index (χ3n) is 2.94. The van der Waals surface area contributed by atoms with Crippen molar-refractivity contribution in [3.8, 4) is 0 Å². The first-order valence-corrected chi connectivity index (χ1v) is 5.29. The van der Waals surface area contributed by atoms with Gasteiger partial charge in [0.2, 0.25) is 0 Å². The second kappa shape index (κ2) is 4.50. The molecule has 0 aliphatic rings. The molecule has 1 aromatic carbocycles. The first-order chi connectivity index (χ1) is 6.52. The molecule has 0 saturated carbocycles. The van der Waals surface area contributed by atoms with Crippen molar-refractivity contribution >= 4 is 5.69 Å². The van der Waals surface area contributed by atoms with Crippen LogP contribution < -0.4 is 4.90 Å². The van der Waals surface area contributed by atoms with Crippen LogP contribution in [0.3, 0.4) is 0 Å². The highest BCUT2D eigenvalue weighted by Gasteiger charge is 2.09. The lowest BCUT2D eigenvalue weighted by atomic mass is 9.90. The van der Waals surface area contributed by atoms with Crippen molar-refractivity contribution in [3.05, 3.63) is 29.8 Å². The lowest BCUT2D eigenvalue weighted by Crippen LogP contribution is -2.09. The molecule has 1 rings (SSSR count). The highest BCUT2D eigenvalue weighted by atomic mass is 15.1. The van der Waals surface area contributed by atoms with Gasteiger partial charge >= 0.3 is 0 Å². The molecule has 1 nitrogen and oxygen atoms in total. The van der Waals surface area contributed by atoms with Crippen molar-refractivity contribution in [1.82, 2.24) is 0 Å². The zero-order valence-electron chi connectivity index (χ0n) is 9.91. The van der Waals surface area contributed by atoms with Gasteiger partial charge in [0, 0.05) is 19.8 Å². The van der Waals surface area contributed by atoms with E-state index in [0.717, 1.165) is 0 Å². The number of nitrogens with zero attached hydrogens (tertiary/aromatic N) is 1. The maximum atomic E-state index is 2.29. The second-order valence-electron chi connectivity index (χ2n) is 4.52. The molecule has 0 aromatic heterocycles. The second-order valence-corrected chi connectivity index (χ2v) is 4.52. The smallest absolute Gasteiger partial charge is 0.0361 e. The van der Waals surface area contributed by atoms with Gasteiger partial charge in [-0.1, -0.05) is 32.9 Å². The Morgan fingerprint density at radius 3 is 1.79 bits per heavy atom. The molecule has 0 spiro atoms. The van der Waals surface area contributed by atoms with E-state index in [4.69, 9.17) is 0 Å². The van der Waals surface area contributed by atoms with Crippen molar-refractivity contribution in [2.45, 2.75) is 26.7 Å². The Labute approximate surface area is 87.7 Å². The summed E-state index contributed by atoms with van der Waals surface area (Å²) in [6, 6.07) is 8.85. The zero-order chi connectivity index (χ0) is 10.7. The first-order valence-electron chi connectivity index (χ1n) is 5.29. The first kappa shape index (κ1) is 11.1. The van der Waals surface area contributed by atoms with Gasteiger partial charge in [0.25, 0.3) is 0 Å². The van der Waals surface area contributed by atoms with E-state index in [1.165, 1.54) is 11.3 Å². The van der Waals surface area contributed by atoms with Crippen LogP contribution in [0.15, 0.2) is 24.3 Å². The van der Waals surface area contributed by atoms with E-state index < -0.39 is 0 Å². The highest BCUT2D eigenvalue weighted by Crippen LogP contribution is 2.25. The Morgan fingerprint density at radius 2 is 1.43 bits per heavy atom. The Hall–Kier alpha value is -0.980. The number of anilines is 1. The van der Waals surface area contributed by atoms with Crippen LogP contribution in [-0.4, -0.2) is 14.1 Å². The Kier molecular flexibility index (Phi) is 3.56. The maximum absolute atomic E-state index is 2.29. The third kappa shape index (κ3) is 2.50. The summed E-state index contributed by atoms with van der Waals surface area (Å²) < 4.78 is 0. The van der Waals surface area contributed by atoms with Gasteiger partial charge in [-0.15, -0.1) is 0 Å². The van der Waals surface area contributed by atoms with Crippen LogP contribution in [0, 0.1) is 5.92 Å². The fourth-order valence-electron chi connectivity index (χ4n) is 1.46. The van der Waals surface area contributed by atoms with Crippen LogP contribution in [0.25, 0.3) is 0 Å². The van der Waals surface area contributed by atoms with Crippen LogP contribution >= 0.6 is 0 Å². The molecule has 0 amide bonds. The molecule has 78 valence electrons. The standard InChI is InChI=1S/C13H21N/c1-10(2)11(3)12-6-8-13(9-7-12)14(4)5/h6-11H,1-5H3. The minimum atomic E-state index is 0.645. The molecule has 0 saturated heterocycles. The molecule has 0 radical (unpaired) electrons. The van der Waals surface area contributed by atoms with Gasteiger partial charge < -0.3 is 4.90 Å². The zero-order valence-corrected chi connectivity index (χ0v) is 9.91. The summed E-state index contributed by atoms with van der Waals surface area (Å²) in [6.45, 7) is 6.82. The SMILES string of the molecule is CC(C)C(C)c1ccc(N(C)C)cc1. The molecule has 0 bridgehead atoms. The van der Waals surface area contributed by atoms with E-state index >= 15 is 0 Å². The van der Waals surface area contributed by atoms with Crippen molar-refractivity contribution < 1.29 is 0 Å². The third-order valence-corrected chi connectivity index (χ3v) is 2.94. The summed E-state index contributed by atoms with van der Waals surface area (Å²) >= 11 is 0. The van der Waals surface area contributed by atoms with Crippen LogP contribution in [0.2, 0.25) is 0 Å². The summed E-state index contributed by atoms with van der Waals surface area (Å²) in [6.07, 6.45) is 0. The van der Waals surface area contributed by atoms with Crippen LogP contribution in [0.1, 0.15) is 32.3 Å². The topological polar surface area (TPSA) is 3.24 Å². The maximum Gasteiger partial charge on any atom is 0.0361 e. The lowest BCUT2D eigenvalue weighted by molar-refractivity contribution is 0.535. The molecule has 1 aromatic rings. The Balaban J connectivity index is 2.83. The fraction of sp³-hybridized carbons (Fsp3) is 0.538. The largest absolute Gasteiger partial charge is 0.378 e. The average Bonchev–Trinajstić information content (AvgIpc) is 2.16. The van der Waals surface area contributed by atoms with Crippen molar-refractivity contribution in [1.29, 1.82) is 0 Å². The van der Waals surface area contributed by atoms with E-state index in [2.05, 4.69) is 64.0 Å². The van der Waals surface area contributed by atoms with E-state index in [0.29, 0.717) is 11.8 Å². The fourth-order valence-corrected chi connectivity index (χ4v) is 1.46. The van der Waals surface area contributed by atoms with E-state index in [9.17, 15) is 0 Å². The summed E-state index contributed by atoms with van der Waals surface area (Å²) in [7, 11) is 4.14. The summed E-state index contributed by atoms with van der Waals surface area (Å²) in [5.41, 5.74) is 2.70. The molecule has 1 atom stereocenters. The highest BCUT2D eigenvalue weighted by molar-refractivity contribution is 5.46. The van der Waals surface area contributed by atoms with Crippen LogP contribution in [0.4, 0.5) is 5.69 Å². The van der Waals surface area contributed by atoms with Gasteiger partial charge in [0.1, 0.15) is 0 Å². The molecule has 0 N–H and O–H groups in total. The number of rotatable bonds is 3. The molecule has 1 unspecified atom stereocenters. The van der Waals surface area contributed by atoms with Gasteiger partial charge in [-0.25, -0.2) is 0 Å². The van der Waals surface area contributed by atoms with E-state index in [1.807, 2.05) is 0 Å². The van der Waals surface area contributed by atoms with Gasteiger partial charge in [-0.3, -0.25) is 0 Å². The molecular weight excluding hydrogens is 170 g/mol. The van der Waals surface area contributed by atoms with Gasteiger partial charge in [-0.2, -0.15) is 0 Å². The molecule has 0 fully saturated rings. The summed E-state index contributed by atoms with van der Waals surface area (Å²) in [5, 5.41) is 0. The predicted octanol–water partition coefficient (Wildman–Crippen LogP) is 3.51. The molecule has 14 heavy (non-hydrogen) atoms. The Bertz CT molecular complexity index is 272. The predicted molar refractivity (Wildman–Crippen MR) is 64.0 cm³/mol. The van der Waals surface area contributed by atoms with E-state index in [1.54, 1.807) is 0 Å². The summed E-state index contributed by atoms with van der Waals surface area (Å²) in [4.78, 5) is 2.13. The van der Waals surface area contributed by atoms with Crippen LogP contribution in [0.5, 0.6) is 0 Å². The quantitative estimate of drug-likeness (QED) is 0.706. The summed E-state index contributed by atoms with van der Waals surface area (Å²) in [5.74, 6) is 1.35. The minimum absolute atomic E-state index is 0.645. The number of hydrogen-bond acceptors (Lipinski definition) is 1. The van der Waals surface area contributed by atoms with Gasteiger partial charge in [-0.05, 0) is 29.5 Å². The molecular formula is C13H21N. The van der Waals surface area contributed by atoms with Crippen molar-refractivity contribution in [2.75, 3.05) is 19.0 Å². The molecule has 1 heteroatoms. The Morgan fingerprint density at radius 1 is 0.929 bits per heavy atom. The number of benzene rings is 1. The van der Waals surface area contributed by atoms with Gasteiger partial charge in [0.05, 0.1) is 0 Å². The normalized spacial score (nSPS) is 13.0. The minimum Gasteiger partial charge on any atom is -0.378 e. The molecule has 0 aliphatic heterocycles. The number of hydrogen-bond donors (Lipinski definition) is 0.